The van der Waals surface area contributed by atoms with Gasteiger partial charge in [-0.1, -0.05) is 25.4 Å². The first-order valence-corrected chi connectivity index (χ1v) is 7.25. The molecule has 2 heterocycles. The summed E-state index contributed by atoms with van der Waals surface area (Å²) in [6, 6.07) is 0. The lowest BCUT2D eigenvalue weighted by Crippen LogP contribution is -2.41. The van der Waals surface area contributed by atoms with Crippen molar-refractivity contribution in [3.63, 3.8) is 0 Å². The van der Waals surface area contributed by atoms with Gasteiger partial charge in [0.05, 0.1) is 17.3 Å². The van der Waals surface area contributed by atoms with E-state index in [1.54, 1.807) is 12.0 Å². The molecule has 1 saturated heterocycles. The largest absolute Gasteiger partial charge is 0.381 e. The summed E-state index contributed by atoms with van der Waals surface area (Å²) in [6.07, 6.45) is 3.45. The number of aromatic nitrogens is 2. The van der Waals surface area contributed by atoms with E-state index in [0.29, 0.717) is 29.6 Å². The van der Waals surface area contributed by atoms with Gasteiger partial charge in [-0.25, -0.2) is 9.97 Å². The van der Waals surface area contributed by atoms with Crippen LogP contribution in [0.15, 0.2) is 6.20 Å². The Morgan fingerprint density at radius 2 is 2.10 bits per heavy atom. The van der Waals surface area contributed by atoms with Crippen LogP contribution in [0.25, 0.3) is 0 Å². The van der Waals surface area contributed by atoms with Gasteiger partial charge in [0.2, 0.25) is 0 Å². The number of halogens is 1. The Morgan fingerprint density at radius 3 is 2.65 bits per heavy atom. The maximum atomic E-state index is 12.5. The molecule has 6 heteroatoms. The molecule has 110 valence electrons. The predicted octanol–water partition coefficient (Wildman–Crippen LogP) is 2.50. The van der Waals surface area contributed by atoms with Crippen molar-refractivity contribution in [2.24, 2.45) is 0 Å². The highest BCUT2D eigenvalue weighted by atomic mass is 35.5. The molecule has 1 aromatic rings. The first-order valence-electron chi connectivity index (χ1n) is 6.87. The third kappa shape index (κ3) is 3.27. The second-order valence-electron chi connectivity index (χ2n) is 5.31. The van der Waals surface area contributed by atoms with Crippen LogP contribution in [0, 0.1) is 0 Å². The molecule has 1 amide bonds. The SMILES string of the molecule is COC1CCN(C(=O)c2nc(C(C)C)ncc2Cl)CC1. The summed E-state index contributed by atoms with van der Waals surface area (Å²) in [5.41, 5.74) is 0.307. The Labute approximate surface area is 124 Å². The summed E-state index contributed by atoms with van der Waals surface area (Å²) < 4.78 is 5.31. The summed E-state index contributed by atoms with van der Waals surface area (Å²) in [6.45, 7) is 5.33. The molecular weight excluding hydrogens is 278 g/mol. The molecule has 0 unspecified atom stereocenters. The third-order valence-corrected chi connectivity index (χ3v) is 3.82. The monoisotopic (exact) mass is 297 g/mol. The van der Waals surface area contributed by atoms with E-state index in [4.69, 9.17) is 16.3 Å². The zero-order valence-corrected chi connectivity index (χ0v) is 12.9. The van der Waals surface area contributed by atoms with Crippen molar-refractivity contribution in [3.05, 3.63) is 22.7 Å². The van der Waals surface area contributed by atoms with E-state index in [-0.39, 0.29) is 17.9 Å². The number of carbonyl (C=O) groups excluding carboxylic acids is 1. The molecule has 0 saturated carbocycles. The number of rotatable bonds is 3. The first kappa shape index (κ1) is 15.2. The van der Waals surface area contributed by atoms with Gasteiger partial charge in [0.15, 0.2) is 5.69 Å². The van der Waals surface area contributed by atoms with Crippen molar-refractivity contribution in [2.45, 2.75) is 38.7 Å². The van der Waals surface area contributed by atoms with E-state index < -0.39 is 0 Å². The van der Waals surface area contributed by atoms with Crippen LogP contribution in [0.4, 0.5) is 0 Å². The minimum absolute atomic E-state index is 0.117. The number of likely N-dealkylation sites (tertiary alicyclic amines) is 1. The first-order chi connectivity index (χ1) is 9.52. The Balaban J connectivity index is 2.15. The molecular formula is C14H20ClN3O2. The van der Waals surface area contributed by atoms with E-state index >= 15 is 0 Å². The fourth-order valence-electron chi connectivity index (χ4n) is 2.25. The van der Waals surface area contributed by atoms with Crippen molar-refractivity contribution in [3.8, 4) is 0 Å². The number of amides is 1. The molecule has 0 spiro atoms. The second kappa shape index (κ2) is 6.50. The van der Waals surface area contributed by atoms with Gasteiger partial charge in [0.1, 0.15) is 5.82 Å². The molecule has 0 aromatic carbocycles. The van der Waals surface area contributed by atoms with Crippen LogP contribution in [-0.4, -0.2) is 47.1 Å². The van der Waals surface area contributed by atoms with Crippen LogP contribution < -0.4 is 0 Å². The van der Waals surface area contributed by atoms with Crippen LogP contribution in [-0.2, 0) is 4.74 Å². The molecule has 1 aliphatic rings. The van der Waals surface area contributed by atoms with Crippen molar-refractivity contribution < 1.29 is 9.53 Å². The molecule has 1 fully saturated rings. The van der Waals surface area contributed by atoms with Gasteiger partial charge in [-0.3, -0.25) is 4.79 Å². The maximum Gasteiger partial charge on any atom is 0.274 e. The lowest BCUT2D eigenvalue weighted by Gasteiger charge is -2.31. The highest BCUT2D eigenvalue weighted by molar-refractivity contribution is 6.33. The number of hydrogen-bond donors (Lipinski definition) is 0. The van der Waals surface area contributed by atoms with E-state index in [2.05, 4.69) is 9.97 Å². The third-order valence-electron chi connectivity index (χ3n) is 3.54. The molecule has 0 atom stereocenters. The van der Waals surface area contributed by atoms with Gasteiger partial charge in [0, 0.05) is 26.1 Å². The van der Waals surface area contributed by atoms with E-state index in [1.807, 2.05) is 13.8 Å². The Hall–Kier alpha value is -1.20. The average Bonchev–Trinajstić information content (AvgIpc) is 2.47. The van der Waals surface area contributed by atoms with E-state index in [9.17, 15) is 4.79 Å². The number of hydrogen-bond acceptors (Lipinski definition) is 4. The number of carbonyl (C=O) groups is 1. The molecule has 2 rings (SSSR count). The number of piperidine rings is 1. The van der Waals surface area contributed by atoms with Gasteiger partial charge in [-0.2, -0.15) is 0 Å². The molecule has 1 aliphatic heterocycles. The van der Waals surface area contributed by atoms with Gasteiger partial charge < -0.3 is 9.64 Å². The van der Waals surface area contributed by atoms with Crippen molar-refractivity contribution in [1.29, 1.82) is 0 Å². The summed E-state index contributed by atoms with van der Waals surface area (Å²) in [5, 5.41) is 0.313. The minimum Gasteiger partial charge on any atom is -0.381 e. The molecule has 1 aromatic heterocycles. The van der Waals surface area contributed by atoms with Crippen LogP contribution in [0.3, 0.4) is 0 Å². The van der Waals surface area contributed by atoms with Crippen LogP contribution in [0.1, 0.15) is 48.9 Å². The van der Waals surface area contributed by atoms with Crippen molar-refractivity contribution in [2.75, 3.05) is 20.2 Å². The van der Waals surface area contributed by atoms with Crippen molar-refractivity contribution in [1.82, 2.24) is 14.9 Å². The van der Waals surface area contributed by atoms with Gasteiger partial charge in [-0.05, 0) is 12.8 Å². The lowest BCUT2D eigenvalue weighted by atomic mass is 10.1. The Morgan fingerprint density at radius 1 is 1.45 bits per heavy atom. The zero-order valence-electron chi connectivity index (χ0n) is 12.1. The van der Waals surface area contributed by atoms with Crippen molar-refractivity contribution >= 4 is 17.5 Å². The number of ether oxygens (including phenoxy) is 1. The maximum absolute atomic E-state index is 12.5. The van der Waals surface area contributed by atoms with Crippen LogP contribution in [0.2, 0.25) is 5.02 Å². The molecule has 0 N–H and O–H groups in total. The summed E-state index contributed by atoms with van der Waals surface area (Å²) in [7, 11) is 1.71. The van der Waals surface area contributed by atoms with Crippen LogP contribution in [0.5, 0.6) is 0 Å². The molecule has 0 bridgehead atoms. The predicted molar refractivity (Wildman–Crippen MR) is 77.1 cm³/mol. The Bertz CT molecular complexity index is 485. The fraction of sp³-hybridized carbons (Fsp3) is 0.643. The number of methoxy groups -OCH3 is 1. The summed E-state index contributed by atoms with van der Waals surface area (Å²) >= 11 is 6.07. The quantitative estimate of drug-likeness (QED) is 0.860. The topological polar surface area (TPSA) is 55.3 Å². The minimum atomic E-state index is -0.117. The highest BCUT2D eigenvalue weighted by Crippen LogP contribution is 2.20. The highest BCUT2D eigenvalue weighted by Gasteiger charge is 2.26. The van der Waals surface area contributed by atoms with Gasteiger partial charge in [-0.15, -0.1) is 0 Å². The summed E-state index contributed by atoms with van der Waals surface area (Å²) in [4.78, 5) is 22.8. The second-order valence-corrected chi connectivity index (χ2v) is 5.71. The molecule has 5 nitrogen and oxygen atoms in total. The Kier molecular flexibility index (Phi) is 4.94. The van der Waals surface area contributed by atoms with E-state index in [1.165, 1.54) is 6.20 Å². The van der Waals surface area contributed by atoms with Crippen LogP contribution >= 0.6 is 11.6 Å². The molecule has 0 aliphatic carbocycles. The zero-order chi connectivity index (χ0) is 14.7. The standard InChI is InChI=1S/C14H20ClN3O2/c1-9(2)13-16-8-11(15)12(17-13)14(19)18-6-4-10(20-3)5-7-18/h8-10H,4-7H2,1-3H3. The number of nitrogens with zero attached hydrogens (tertiary/aromatic N) is 3. The smallest absolute Gasteiger partial charge is 0.274 e. The molecule has 20 heavy (non-hydrogen) atoms. The van der Waals surface area contributed by atoms with Gasteiger partial charge in [0.25, 0.3) is 5.91 Å². The van der Waals surface area contributed by atoms with Gasteiger partial charge >= 0.3 is 0 Å². The fourth-order valence-corrected chi connectivity index (χ4v) is 2.43. The normalized spacial score (nSPS) is 16.8. The average molecular weight is 298 g/mol. The lowest BCUT2D eigenvalue weighted by molar-refractivity contribution is 0.0347. The van der Waals surface area contributed by atoms with E-state index in [0.717, 1.165) is 12.8 Å². The molecule has 0 radical (unpaired) electrons. The summed E-state index contributed by atoms with van der Waals surface area (Å²) in [5.74, 6) is 0.691.